The van der Waals surface area contributed by atoms with E-state index in [0.29, 0.717) is 0 Å². The first-order valence-corrected chi connectivity index (χ1v) is 5.41. The summed E-state index contributed by atoms with van der Waals surface area (Å²) in [5.41, 5.74) is 0. The topological polar surface area (TPSA) is 0 Å². The Labute approximate surface area is 123 Å². The van der Waals surface area contributed by atoms with E-state index in [1.807, 2.05) is 0 Å². The molecule has 0 rings (SSSR count). The van der Waals surface area contributed by atoms with Crippen LogP contribution in [0.3, 0.4) is 0 Å². The van der Waals surface area contributed by atoms with Gasteiger partial charge in [-0.3, -0.25) is 0 Å². The van der Waals surface area contributed by atoms with Crippen molar-refractivity contribution in [3.63, 3.8) is 0 Å². The molecule has 20 heavy (non-hydrogen) atoms. The molecule has 122 valence electrons. The summed E-state index contributed by atoms with van der Waals surface area (Å²) in [6.45, 7) is 0. The van der Waals surface area contributed by atoms with Gasteiger partial charge in [-0.1, -0.05) is 34.8 Å². The van der Waals surface area contributed by atoms with Crippen LogP contribution in [0.1, 0.15) is 0 Å². The van der Waals surface area contributed by atoms with Gasteiger partial charge in [0.25, 0.3) is 5.13 Å². The molecular formula is C6Cl4F10. The van der Waals surface area contributed by atoms with Gasteiger partial charge in [0.1, 0.15) is 0 Å². The molecule has 0 N–H and O–H groups in total. The molecule has 14 heteroatoms. The first-order chi connectivity index (χ1) is 8.25. The maximum Gasteiger partial charge on any atom is 0.456 e. The lowest BCUT2D eigenvalue weighted by Gasteiger charge is -2.41. The van der Waals surface area contributed by atoms with Crippen LogP contribution in [0.4, 0.5) is 43.9 Å². The number of hydrogen-bond donors (Lipinski definition) is 0. The van der Waals surface area contributed by atoms with E-state index >= 15 is 0 Å². The molecule has 1 atom stereocenters. The molecule has 0 bridgehead atoms. The Balaban J connectivity index is 6.08. The second-order valence-electron chi connectivity index (χ2n) is 3.29. The van der Waals surface area contributed by atoms with E-state index in [4.69, 9.17) is 0 Å². The quantitative estimate of drug-likeness (QED) is 0.415. The fourth-order valence-corrected chi connectivity index (χ4v) is 1.62. The third kappa shape index (κ3) is 2.72. The fraction of sp³-hybridized carbons (Fsp3) is 1.00. The Morgan fingerprint density at radius 1 is 0.500 bits per heavy atom. The molecule has 0 aromatic carbocycles. The molecule has 0 saturated carbocycles. The van der Waals surface area contributed by atoms with Crippen molar-refractivity contribution in [1.29, 1.82) is 0 Å². The largest absolute Gasteiger partial charge is 0.456 e. The van der Waals surface area contributed by atoms with Crippen LogP contribution >= 0.6 is 46.4 Å². The van der Waals surface area contributed by atoms with Crippen molar-refractivity contribution in [3.8, 4) is 0 Å². The molecular weight excluding hydrogens is 404 g/mol. The van der Waals surface area contributed by atoms with Gasteiger partial charge in [-0.15, -0.1) is 0 Å². The fourth-order valence-electron chi connectivity index (χ4n) is 0.750. The van der Waals surface area contributed by atoms with Crippen molar-refractivity contribution < 1.29 is 43.9 Å². The minimum Gasteiger partial charge on any atom is -0.215 e. The SMILES string of the molecule is FC(F)(F)C(F)(F)C(Cl)(Cl)C(F)(Cl)C(F)(F)C(F)(F)Cl. The molecule has 0 aliphatic heterocycles. The van der Waals surface area contributed by atoms with Crippen molar-refractivity contribution in [3.05, 3.63) is 0 Å². The molecule has 0 aliphatic rings. The number of hydrogen-bond acceptors (Lipinski definition) is 0. The number of halogens is 14. The molecule has 0 aromatic rings. The van der Waals surface area contributed by atoms with Crippen molar-refractivity contribution in [2.45, 2.75) is 32.9 Å². The smallest absolute Gasteiger partial charge is 0.215 e. The molecule has 0 aromatic heterocycles. The highest BCUT2D eigenvalue weighted by Gasteiger charge is 2.86. The third-order valence-electron chi connectivity index (χ3n) is 1.90. The van der Waals surface area contributed by atoms with Gasteiger partial charge in [0.15, 0.2) is 0 Å². The van der Waals surface area contributed by atoms with E-state index in [0.717, 1.165) is 0 Å². The molecule has 0 aliphatic carbocycles. The van der Waals surface area contributed by atoms with Gasteiger partial charge in [0, 0.05) is 0 Å². The van der Waals surface area contributed by atoms with Crippen molar-refractivity contribution in [2.75, 3.05) is 0 Å². The Hall–Kier alpha value is 0.460. The Morgan fingerprint density at radius 2 is 0.800 bits per heavy atom. The third-order valence-corrected chi connectivity index (χ3v) is 3.84. The normalized spacial score (nSPS) is 18.9. The van der Waals surface area contributed by atoms with Crippen molar-refractivity contribution in [2.24, 2.45) is 0 Å². The van der Waals surface area contributed by atoms with Gasteiger partial charge < -0.3 is 0 Å². The number of rotatable bonds is 4. The zero-order chi connectivity index (χ0) is 17.0. The molecule has 0 spiro atoms. The minimum absolute atomic E-state index is 3.73. The Morgan fingerprint density at radius 3 is 1.00 bits per heavy atom. The van der Waals surface area contributed by atoms with Crippen LogP contribution in [0, 0.1) is 0 Å². The minimum atomic E-state index is -6.76. The lowest BCUT2D eigenvalue weighted by molar-refractivity contribution is -0.308. The molecule has 0 radical (unpaired) electrons. The second kappa shape index (κ2) is 4.99. The van der Waals surface area contributed by atoms with Gasteiger partial charge in [0.05, 0.1) is 0 Å². The van der Waals surface area contributed by atoms with Gasteiger partial charge >= 0.3 is 23.4 Å². The molecule has 0 saturated heterocycles. The Kier molecular flexibility index (Phi) is 5.10. The molecule has 0 nitrogen and oxygen atoms in total. The summed E-state index contributed by atoms with van der Waals surface area (Å²) in [5, 5.41) is -11.9. The highest BCUT2D eigenvalue weighted by molar-refractivity contribution is 6.54. The van der Waals surface area contributed by atoms with Crippen molar-refractivity contribution in [1.82, 2.24) is 0 Å². The molecule has 1 unspecified atom stereocenters. The van der Waals surface area contributed by atoms with Crippen LogP contribution in [0.15, 0.2) is 0 Å². The summed E-state index contributed by atoms with van der Waals surface area (Å²) >= 11 is 16.2. The van der Waals surface area contributed by atoms with E-state index in [2.05, 4.69) is 46.4 Å². The van der Waals surface area contributed by atoms with Crippen molar-refractivity contribution >= 4 is 46.4 Å². The standard InChI is InChI=1S/C6Cl4F10/c7-1(8,3(12,13)6(18,19)20)2(9,11)4(14,15)5(10,16)17. The summed E-state index contributed by atoms with van der Waals surface area (Å²) in [6.07, 6.45) is -6.76. The van der Waals surface area contributed by atoms with Gasteiger partial charge in [-0.2, -0.15) is 39.5 Å². The zero-order valence-corrected chi connectivity index (χ0v) is 11.3. The molecule has 0 heterocycles. The zero-order valence-electron chi connectivity index (χ0n) is 8.29. The highest BCUT2D eigenvalue weighted by Crippen LogP contribution is 2.63. The summed E-state index contributed by atoms with van der Waals surface area (Å²) in [5.74, 6) is -13.1. The van der Waals surface area contributed by atoms with E-state index < -0.39 is 32.9 Å². The Bertz CT molecular complexity index is 331. The van der Waals surface area contributed by atoms with Crippen LogP contribution in [0.25, 0.3) is 0 Å². The predicted octanol–water partition coefficient (Wildman–Crippen LogP) is 5.73. The van der Waals surface area contributed by atoms with Gasteiger partial charge in [-0.05, 0) is 11.6 Å². The monoisotopic (exact) mass is 402 g/mol. The van der Waals surface area contributed by atoms with Crippen LogP contribution in [-0.4, -0.2) is 32.9 Å². The molecule has 0 amide bonds. The molecule has 0 fully saturated rings. The number of alkyl halides is 14. The van der Waals surface area contributed by atoms with E-state index in [1.54, 1.807) is 0 Å². The average molecular weight is 404 g/mol. The maximum atomic E-state index is 13.4. The second-order valence-corrected chi connectivity index (χ2v) is 5.62. The van der Waals surface area contributed by atoms with Crippen LogP contribution < -0.4 is 0 Å². The van der Waals surface area contributed by atoms with Crippen LogP contribution in [-0.2, 0) is 0 Å². The predicted molar refractivity (Wildman–Crippen MR) is 50.9 cm³/mol. The summed E-state index contributed by atoms with van der Waals surface area (Å²) in [4.78, 5) is 0. The van der Waals surface area contributed by atoms with E-state index in [9.17, 15) is 43.9 Å². The van der Waals surface area contributed by atoms with Crippen LogP contribution in [0.5, 0.6) is 0 Å². The van der Waals surface area contributed by atoms with E-state index in [-0.39, 0.29) is 0 Å². The maximum absolute atomic E-state index is 13.4. The first-order valence-electron chi connectivity index (χ1n) is 3.90. The first kappa shape index (κ1) is 20.5. The summed E-state index contributed by atoms with van der Waals surface area (Å²) in [6, 6.07) is 0. The highest BCUT2D eigenvalue weighted by atomic mass is 35.5. The van der Waals surface area contributed by atoms with Crippen LogP contribution in [0.2, 0.25) is 0 Å². The summed E-state index contributed by atoms with van der Waals surface area (Å²) in [7, 11) is 0. The lowest BCUT2D eigenvalue weighted by Crippen LogP contribution is -2.67. The van der Waals surface area contributed by atoms with Gasteiger partial charge in [-0.25, -0.2) is 4.39 Å². The average Bonchev–Trinajstić information content (AvgIpc) is 2.12. The summed E-state index contributed by atoms with van der Waals surface area (Å²) < 4.78 is 119. The van der Waals surface area contributed by atoms with Gasteiger partial charge in [0.2, 0.25) is 4.33 Å². The van der Waals surface area contributed by atoms with E-state index in [1.165, 1.54) is 0 Å². The lowest BCUT2D eigenvalue weighted by atomic mass is 10.0.